The summed E-state index contributed by atoms with van der Waals surface area (Å²) < 4.78 is 10.9. The molecular weight excluding hydrogens is 292 g/mol. The van der Waals surface area contributed by atoms with Crippen molar-refractivity contribution < 1.29 is 19.1 Å². The highest BCUT2D eigenvalue weighted by atomic mass is 16.6. The van der Waals surface area contributed by atoms with Gasteiger partial charge in [-0.1, -0.05) is 55.4 Å². The quantitative estimate of drug-likeness (QED) is 0.439. The van der Waals surface area contributed by atoms with Crippen LogP contribution in [0, 0.1) is 29.1 Å². The minimum absolute atomic E-state index is 0.180. The van der Waals surface area contributed by atoms with Gasteiger partial charge in [-0.25, -0.2) is 0 Å². The van der Waals surface area contributed by atoms with E-state index < -0.39 is 17.4 Å². The standard InChI is InChI=1S/C19H36O4/c1-13(2)9-11-22-17(20)19(15(5)6,16(7)8)18(21)23-12-10-14(3)4/h13-16H,9-12H2,1-8H3. The summed E-state index contributed by atoms with van der Waals surface area (Å²) in [5.41, 5.74) is -1.23. The van der Waals surface area contributed by atoms with Gasteiger partial charge in [-0.2, -0.15) is 0 Å². The molecule has 0 fully saturated rings. The van der Waals surface area contributed by atoms with Crippen LogP contribution < -0.4 is 0 Å². The first kappa shape index (κ1) is 21.9. The average molecular weight is 328 g/mol. The van der Waals surface area contributed by atoms with Gasteiger partial charge in [0.15, 0.2) is 5.41 Å². The van der Waals surface area contributed by atoms with Gasteiger partial charge in [0.2, 0.25) is 0 Å². The fourth-order valence-electron chi connectivity index (χ4n) is 2.71. The Kier molecular flexibility index (Phi) is 9.48. The van der Waals surface area contributed by atoms with Crippen LogP contribution in [-0.2, 0) is 19.1 Å². The summed E-state index contributed by atoms with van der Waals surface area (Å²) in [4.78, 5) is 25.5. The van der Waals surface area contributed by atoms with E-state index in [-0.39, 0.29) is 11.8 Å². The van der Waals surface area contributed by atoms with Crippen molar-refractivity contribution >= 4 is 11.9 Å². The third-order valence-electron chi connectivity index (χ3n) is 4.35. The molecule has 0 aliphatic carbocycles. The van der Waals surface area contributed by atoms with Crippen LogP contribution in [0.15, 0.2) is 0 Å². The van der Waals surface area contributed by atoms with Crippen LogP contribution in [0.2, 0.25) is 0 Å². The molecule has 0 radical (unpaired) electrons. The van der Waals surface area contributed by atoms with E-state index in [9.17, 15) is 9.59 Å². The van der Waals surface area contributed by atoms with Crippen LogP contribution >= 0.6 is 0 Å². The topological polar surface area (TPSA) is 52.6 Å². The van der Waals surface area contributed by atoms with Gasteiger partial charge in [0.25, 0.3) is 0 Å². The average Bonchev–Trinajstić information content (AvgIpc) is 2.37. The number of carbonyl (C=O) groups excluding carboxylic acids is 2. The Labute approximate surface area is 142 Å². The molecule has 0 N–H and O–H groups in total. The molecule has 4 nitrogen and oxygen atoms in total. The summed E-state index contributed by atoms with van der Waals surface area (Å²) in [5.74, 6) is -0.349. The molecule has 0 spiro atoms. The van der Waals surface area contributed by atoms with Crippen molar-refractivity contribution in [1.29, 1.82) is 0 Å². The zero-order chi connectivity index (χ0) is 18.2. The maximum Gasteiger partial charge on any atom is 0.324 e. The zero-order valence-corrected chi connectivity index (χ0v) is 16.3. The van der Waals surface area contributed by atoms with Gasteiger partial charge < -0.3 is 9.47 Å². The predicted octanol–water partition coefficient (Wildman–Crippen LogP) is 4.46. The van der Waals surface area contributed by atoms with Crippen molar-refractivity contribution in [2.24, 2.45) is 29.1 Å². The molecular formula is C19H36O4. The first-order valence-electron chi connectivity index (χ1n) is 8.91. The number of esters is 2. The van der Waals surface area contributed by atoms with Crippen molar-refractivity contribution in [1.82, 2.24) is 0 Å². The fourth-order valence-corrected chi connectivity index (χ4v) is 2.71. The lowest BCUT2D eigenvalue weighted by Gasteiger charge is -2.36. The predicted molar refractivity (Wildman–Crippen MR) is 92.9 cm³/mol. The molecule has 0 aliphatic rings. The van der Waals surface area contributed by atoms with Crippen LogP contribution in [0.5, 0.6) is 0 Å². The fraction of sp³-hybridized carbons (Fsp3) is 0.895. The summed E-state index contributed by atoms with van der Waals surface area (Å²) in [6, 6.07) is 0. The second-order valence-corrected chi connectivity index (χ2v) is 7.82. The van der Waals surface area contributed by atoms with Gasteiger partial charge in [0, 0.05) is 0 Å². The van der Waals surface area contributed by atoms with Gasteiger partial charge in [0.05, 0.1) is 13.2 Å². The van der Waals surface area contributed by atoms with Crippen molar-refractivity contribution in [2.45, 2.75) is 68.2 Å². The van der Waals surface area contributed by atoms with E-state index in [1.165, 1.54) is 0 Å². The van der Waals surface area contributed by atoms with E-state index in [2.05, 4.69) is 27.7 Å². The van der Waals surface area contributed by atoms with Crippen molar-refractivity contribution in [2.75, 3.05) is 13.2 Å². The molecule has 0 saturated carbocycles. The van der Waals surface area contributed by atoms with Gasteiger partial charge in [-0.15, -0.1) is 0 Å². The maximum atomic E-state index is 12.7. The van der Waals surface area contributed by atoms with Gasteiger partial charge >= 0.3 is 11.9 Å². The summed E-state index contributed by atoms with van der Waals surface area (Å²) in [6.45, 7) is 16.5. The van der Waals surface area contributed by atoms with E-state index >= 15 is 0 Å². The third-order valence-corrected chi connectivity index (χ3v) is 4.35. The Balaban J connectivity index is 5.15. The SMILES string of the molecule is CC(C)CCOC(=O)C(C(=O)OCCC(C)C)(C(C)C)C(C)C. The molecule has 136 valence electrons. The maximum absolute atomic E-state index is 12.7. The molecule has 0 aromatic carbocycles. The van der Waals surface area contributed by atoms with E-state index in [1.807, 2.05) is 27.7 Å². The van der Waals surface area contributed by atoms with Gasteiger partial charge in [0.1, 0.15) is 0 Å². The summed E-state index contributed by atoms with van der Waals surface area (Å²) in [6.07, 6.45) is 1.58. The van der Waals surface area contributed by atoms with Crippen LogP contribution in [0.3, 0.4) is 0 Å². The lowest BCUT2D eigenvalue weighted by Crippen LogP contribution is -2.50. The highest BCUT2D eigenvalue weighted by Crippen LogP contribution is 2.39. The zero-order valence-electron chi connectivity index (χ0n) is 16.3. The molecule has 0 atom stereocenters. The molecule has 0 heterocycles. The molecule has 0 rings (SSSR count). The number of hydrogen-bond acceptors (Lipinski definition) is 4. The smallest absolute Gasteiger partial charge is 0.324 e. The Hall–Kier alpha value is -1.06. The Morgan fingerprint density at radius 3 is 1.22 bits per heavy atom. The first-order chi connectivity index (χ1) is 10.6. The minimum atomic E-state index is -1.23. The minimum Gasteiger partial charge on any atom is -0.465 e. The van der Waals surface area contributed by atoms with E-state index in [0.29, 0.717) is 25.0 Å². The molecule has 0 aromatic heterocycles. The highest BCUT2D eigenvalue weighted by molar-refractivity contribution is 6.00. The molecule has 0 unspecified atom stereocenters. The van der Waals surface area contributed by atoms with Crippen LogP contribution in [0.25, 0.3) is 0 Å². The number of carbonyl (C=O) groups is 2. The monoisotopic (exact) mass is 328 g/mol. The second kappa shape index (κ2) is 9.94. The van der Waals surface area contributed by atoms with Gasteiger partial charge in [-0.3, -0.25) is 9.59 Å². The van der Waals surface area contributed by atoms with Gasteiger partial charge in [-0.05, 0) is 36.5 Å². The van der Waals surface area contributed by atoms with Crippen LogP contribution in [0.1, 0.15) is 68.2 Å². The highest BCUT2D eigenvalue weighted by Gasteiger charge is 2.54. The van der Waals surface area contributed by atoms with Crippen molar-refractivity contribution in [3.8, 4) is 0 Å². The third kappa shape index (κ3) is 6.15. The number of rotatable bonds is 10. The number of ether oxygens (including phenoxy) is 2. The lowest BCUT2D eigenvalue weighted by atomic mass is 9.69. The molecule has 23 heavy (non-hydrogen) atoms. The van der Waals surface area contributed by atoms with Crippen molar-refractivity contribution in [3.05, 3.63) is 0 Å². The molecule has 0 saturated heterocycles. The van der Waals surface area contributed by atoms with Crippen molar-refractivity contribution in [3.63, 3.8) is 0 Å². The first-order valence-corrected chi connectivity index (χ1v) is 8.91. The molecule has 0 bridgehead atoms. The largest absolute Gasteiger partial charge is 0.465 e. The second-order valence-electron chi connectivity index (χ2n) is 7.82. The Morgan fingerprint density at radius 1 is 0.696 bits per heavy atom. The normalized spacial score (nSPS) is 12.3. The van der Waals surface area contributed by atoms with Crippen LogP contribution in [0.4, 0.5) is 0 Å². The summed E-state index contributed by atoms with van der Waals surface area (Å²) in [7, 11) is 0. The number of hydrogen-bond donors (Lipinski definition) is 0. The van der Waals surface area contributed by atoms with E-state index in [0.717, 1.165) is 12.8 Å². The Bertz CT molecular complexity index is 334. The van der Waals surface area contributed by atoms with E-state index in [1.54, 1.807) is 0 Å². The lowest BCUT2D eigenvalue weighted by molar-refractivity contribution is -0.181. The summed E-state index contributed by atoms with van der Waals surface area (Å²) >= 11 is 0. The van der Waals surface area contributed by atoms with E-state index in [4.69, 9.17) is 9.47 Å². The molecule has 0 aliphatic heterocycles. The molecule has 0 amide bonds. The van der Waals surface area contributed by atoms with Crippen LogP contribution in [-0.4, -0.2) is 25.2 Å². The Morgan fingerprint density at radius 2 is 1.00 bits per heavy atom. The molecule has 0 aromatic rings. The summed E-state index contributed by atoms with van der Waals surface area (Å²) in [5, 5.41) is 0. The molecule has 4 heteroatoms.